The van der Waals surface area contributed by atoms with E-state index in [1.807, 2.05) is 30.0 Å². The average molecular weight is 394 g/mol. The Morgan fingerprint density at radius 3 is 2.69 bits per heavy atom. The number of hydrogen-bond donors (Lipinski definition) is 2. The van der Waals surface area contributed by atoms with Gasteiger partial charge in [0, 0.05) is 18.3 Å². The van der Waals surface area contributed by atoms with Gasteiger partial charge in [0.25, 0.3) is 12.4 Å². The van der Waals surface area contributed by atoms with Crippen molar-refractivity contribution in [2.45, 2.75) is 25.9 Å². The number of hydrogen-bond acceptors (Lipinski definition) is 6. The molecule has 1 aromatic carbocycles. The lowest BCUT2D eigenvalue weighted by molar-refractivity contribution is -0.122. The number of pyridine rings is 1. The maximum Gasteiger partial charge on any atom is 0.290 e. The summed E-state index contributed by atoms with van der Waals surface area (Å²) in [7, 11) is 0. The van der Waals surface area contributed by atoms with Gasteiger partial charge in [-0.1, -0.05) is 30.3 Å². The predicted octanol–water partition coefficient (Wildman–Crippen LogP) is 1.70. The molecule has 0 radical (unpaired) electrons. The number of anilines is 1. The van der Waals surface area contributed by atoms with Crippen molar-refractivity contribution in [3.05, 3.63) is 71.4 Å². The maximum atomic E-state index is 13.0. The molecule has 0 saturated heterocycles. The lowest BCUT2D eigenvalue weighted by Crippen LogP contribution is -2.42. The fraction of sp³-hybridized carbons (Fsp3) is 0.250. The summed E-state index contributed by atoms with van der Waals surface area (Å²) >= 11 is 0. The number of fused-ring (bicyclic) bond motifs is 1. The Kier molecular flexibility index (Phi) is 6.18. The zero-order valence-electron chi connectivity index (χ0n) is 16.0. The van der Waals surface area contributed by atoms with E-state index >= 15 is 0 Å². The molecule has 0 fully saturated rings. The number of rotatable bonds is 3. The van der Waals surface area contributed by atoms with E-state index in [0.717, 1.165) is 18.1 Å². The van der Waals surface area contributed by atoms with Crippen LogP contribution in [0.4, 0.5) is 5.82 Å². The number of nitrogens with two attached hydrogens (primary N) is 1. The van der Waals surface area contributed by atoms with Gasteiger partial charge >= 0.3 is 0 Å². The second-order valence-corrected chi connectivity index (χ2v) is 6.64. The van der Waals surface area contributed by atoms with Gasteiger partial charge in [-0.2, -0.15) is 0 Å². The number of carbonyl (C=O) groups excluding carboxylic acids is 1. The minimum atomic E-state index is -0.250. The van der Waals surface area contributed by atoms with E-state index in [-0.39, 0.29) is 18.4 Å². The number of benzene rings is 1. The first-order valence-electron chi connectivity index (χ1n) is 9.06. The number of nitrogens with zero attached hydrogens (tertiary/aromatic N) is 5. The molecule has 9 heteroatoms. The van der Waals surface area contributed by atoms with Gasteiger partial charge in [-0.15, -0.1) is 10.2 Å². The number of carbonyl (C=O) groups is 2. The molecule has 1 amide bonds. The fourth-order valence-corrected chi connectivity index (χ4v) is 3.53. The van der Waals surface area contributed by atoms with Crippen LogP contribution in [0.5, 0.6) is 0 Å². The molecule has 0 aliphatic carbocycles. The number of aromatic nitrogens is 4. The van der Waals surface area contributed by atoms with Crippen molar-refractivity contribution >= 4 is 18.2 Å². The van der Waals surface area contributed by atoms with Crippen LogP contribution in [-0.2, 0) is 17.8 Å². The van der Waals surface area contributed by atoms with Crippen LogP contribution in [0.3, 0.4) is 0 Å². The van der Waals surface area contributed by atoms with Gasteiger partial charge in [0.2, 0.25) is 0 Å². The van der Waals surface area contributed by atoms with Gasteiger partial charge in [0.1, 0.15) is 11.6 Å². The molecule has 0 saturated carbocycles. The van der Waals surface area contributed by atoms with Crippen molar-refractivity contribution in [1.82, 2.24) is 24.6 Å². The van der Waals surface area contributed by atoms with Crippen LogP contribution in [0, 0.1) is 6.92 Å². The molecule has 3 N–H and O–H groups in total. The standard InChI is InChI=1S/C19H20N6O.CH2O2/c1-13-22-23-18-12-24(19(26)15-7-8-21-17(20)10-15)11-16(25(13)18)9-14-5-3-2-4-6-14;2-1-3/h2-8,10,16H,9,11-12H2,1H3,(H2,20,21);1H,(H,2,3)/t16-;/m1./s1. The van der Waals surface area contributed by atoms with Crippen LogP contribution < -0.4 is 5.73 Å². The molecular weight excluding hydrogens is 372 g/mol. The largest absolute Gasteiger partial charge is 0.483 e. The molecule has 1 aliphatic heterocycles. The summed E-state index contributed by atoms with van der Waals surface area (Å²) in [5.74, 6) is 1.96. The highest BCUT2D eigenvalue weighted by molar-refractivity contribution is 5.94. The SMILES string of the molecule is Cc1nnc2n1[C@H](Cc1ccccc1)CN(C(=O)c1ccnc(N)c1)C2.O=CO. The van der Waals surface area contributed by atoms with Crippen molar-refractivity contribution in [3.8, 4) is 0 Å². The predicted molar refractivity (Wildman–Crippen MR) is 106 cm³/mol. The molecular formula is C20H22N6O3. The molecule has 0 unspecified atom stereocenters. The Hall–Kier alpha value is -3.75. The van der Waals surface area contributed by atoms with Gasteiger partial charge in [0.05, 0.1) is 12.6 Å². The number of nitrogen functional groups attached to an aromatic ring is 1. The topological polar surface area (TPSA) is 127 Å². The highest BCUT2D eigenvalue weighted by Crippen LogP contribution is 2.26. The third-order valence-electron chi connectivity index (χ3n) is 4.69. The number of aryl methyl sites for hydroxylation is 1. The quantitative estimate of drug-likeness (QED) is 0.647. The monoisotopic (exact) mass is 394 g/mol. The first kappa shape index (κ1) is 20.0. The zero-order chi connectivity index (χ0) is 20.8. The van der Waals surface area contributed by atoms with Crippen LogP contribution in [0.15, 0.2) is 48.7 Å². The molecule has 9 nitrogen and oxygen atoms in total. The molecule has 1 aliphatic rings. The van der Waals surface area contributed by atoms with E-state index in [9.17, 15) is 4.79 Å². The highest BCUT2D eigenvalue weighted by Gasteiger charge is 2.31. The molecule has 1 atom stereocenters. The summed E-state index contributed by atoms with van der Waals surface area (Å²) in [4.78, 5) is 27.1. The van der Waals surface area contributed by atoms with Crippen molar-refractivity contribution in [1.29, 1.82) is 0 Å². The highest BCUT2D eigenvalue weighted by atomic mass is 16.3. The van der Waals surface area contributed by atoms with E-state index in [1.54, 1.807) is 18.3 Å². The fourth-order valence-electron chi connectivity index (χ4n) is 3.53. The van der Waals surface area contributed by atoms with Gasteiger partial charge in [-0.05, 0) is 31.0 Å². The third-order valence-corrected chi connectivity index (χ3v) is 4.69. The Labute approximate surface area is 167 Å². The summed E-state index contributed by atoms with van der Waals surface area (Å²) in [5, 5.41) is 15.4. The summed E-state index contributed by atoms with van der Waals surface area (Å²) < 4.78 is 2.15. The van der Waals surface area contributed by atoms with Crippen LogP contribution in [0.25, 0.3) is 0 Å². The van der Waals surface area contributed by atoms with Crippen LogP contribution in [0.2, 0.25) is 0 Å². The zero-order valence-corrected chi connectivity index (χ0v) is 16.0. The second kappa shape index (κ2) is 8.96. The summed E-state index contributed by atoms with van der Waals surface area (Å²) in [6.07, 6.45) is 2.37. The van der Waals surface area contributed by atoms with Crippen LogP contribution in [-0.4, -0.2) is 48.7 Å². The molecule has 0 spiro atoms. The number of carboxylic acid groups (broad SMARTS) is 1. The molecule has 2 aromatic heterocycles. The molecule has 4 rings (SSSR count). The first-order valence-corrected chi connectivity index (χ1v) is 9.06. The van der Waals surface area contributed by atoms with E-state index < -0.39 is 0 Å². The Morgan fingerprint density at radius 2 is 2.00 bits per heavy atom. The van der Waals surface area contributed by atoms with E-state index in [0.29, 0.717) is 24.5 Å². The van der Waals surface area contributed by atoms with Gasteiger partial charge in [0.15, 0.2) is 5.82 Å². The summed E-state index contributed by atoms with van der Waals surface area (Å²) in [6, 6.07) is 13.7. The van der Waals surface area contributed by atoms with Gasteiger partial charge in [-0.25, -0.2) is 4.98 Å². The lowest BCUT2D eigenvalue weighted by Gasteiger charge is -2.34. The minimum Gasteiger partial charge on any atom is -0.483 e. The Balaban J connectivity index is 0.000000755. The smallest absolute Gasteiger partial charge is 0.290 e. The van der Waals surface area contributed by atoms with Gasteiger partial charge in [-0.3, -0.25) is 9.59 Å². The van der Waals surface area contributed by atoms with Crippen molar-refractivity contribution in [3.63, 3.8) is 0 Å². The van der Waals surface area contributed by atoms with E-state index in [2.05, 4.69) is 31.9 Å². The lowest BCUT2D eigenvalue weighted by atomic mass is 10.0. The second-order valence-electron chi connectivity index (χ2n) is 6.64. The number of amides is 1. The minimum absolute atomic E-state index is 0.0657. The average Bonchev–Trinajstić information content (AvgIpc) is 3.10. The van der Waals surface area contributed by atoms with E-state index in [1.165, 1.54) is 5.56 Å². The van der Waals surface area contributed by atoms with Crippen molar-refractivity contribution in [2.24, 2.45) is 0 Å². The third kappa shape index (κ3) is 4.57. The molecule has 3 aromatic rings. The molecule has 3 heterocycles. The van der Waals surface area contributed by atoms with Crippen molar-refractivity contribution in [2.75, 3.05) is 12.3 Å². The van der Waals surface area contributed by atoms with E-state index in [4.69, 9.17) is 15.6 Å². The maximum absolute atomic E-state index is 13.0. The van der Waals surface area contributed by atoms with Crippen LogP contribution >= 0.6 is 0 Å². The first-order chi connectivity index (χ1) is 14.0. The summed E-state index contributed by atoms with van der Waals surface area (Å²) in [6.45, 7) is 2.74. The molecule has 29 heavy (non-hydrogen) atoms. The van der Waals surface area contributed by atoms with Crippen LogP contribution in [0.1, 0.15) is 33.6 Å². The normalized spacial score (nSPS) is 15.1. The Morgan fingerprint density at radius 1 is 1.28 bits per heavy atom. The molecule has 150 valence electrons. The summed E-state index contributed by atoms with van der Waals surface area (Å²) in [5.41, 5.74) is 7.49. The Bertz CT molecular complexity index is 989. The molecule has 0 bridgehead atoms. The van der Waals surface area contributed by atoms with Gasteiger partial charge < -0.3 is 20.3 Å². The van der Waals surface area contributed by atoms with Crippen molar-refractivity contribution < 1.29 is 14.7 Å².